The second-order valence-electron chi connectivity index (χ2n) is 12.0. The number of hydrogen-bond donors (Lipinski definition) is 1. The van der Waals surface area contributed by atoms with Gasteiger partial charge in [0.15, 0.2) is 5.76 Å². The van der Waals surface area contributed by atoms with Gasteiger partial charge in [-0.05, 0) is 58.6 Å². The number of anilines is 2. The van der Waals surface area contributed by atoms with E-state index in [0.717, 1.165) is 81.0 Å². The van der Waals surface area contributed by atoms with Crippen LogP contribution < -0.4 is 10.6 Å². The van der Waals surface area contributed by atoms with Gasteiger partial charge in [0.05, 0.1) is 17.7 Å². The number of piperazine rings is 1. The molecule has 2 N–H and O–H groups in total. The number of piperidine rings is 1. The first-order valence-corrected chi connectivity index (χ1v) is 14.9. The minimum atomic E-state index is 0.472. The van der Waals surface area contributed by atoms with Crippen molar-refractivity contribution < 1.29 is 13.5 Å². The molecule has 2 aliphatic rings. The summed E-state index contributed by atoms with van der Waals surface area (Å²) >= 11 is 0. The summed E-state index contributed by atoms with van der Waals surface area (Å²) in [6.45, 7) is 14.4. The molecule has 0 aromatic carbocycles. The lowest BCUT2D eigenvalue weighted by molar-refractivity contribution is 0.0722. The zero-order valence-electron chi connectivity index (χ0n) is 25.2. The van der Waals surface area contributed by atoms with Crippen LogP contribution in [0.2, 0.25) is 0 Å². The number of furan rings is 1. The number of nitrogens with two attached hydrogens (primary N) is 1. The molecular weight excluding hydrogens is 548 g/mol. The Kier molecular flexibility index (Phi) is 7.14. The summed E-state index contributed by atoms with van der Waals surface area (Å²) in [5.41, 5.74) is 10.6. The largest absolute Gasteiger partial charge is 0.461 e. The van der Waals surface area contributed by atoms with Crippen molar-refractivity contribution in [1.29, 1.82) is 0 Å². The van der Waals surface area contributed by atoms with Crippen molar-refractivity contribution in [2.45, 2.75) is 59.7 Å². The first-order chi connectivity index (χ1) is 20.8. The van der Waals surface area contributed by atoms with Crippen molar-refractivity contribution in [1.82, 2.24) is 39.7 Å². The third kappa shape index (κ3) is 5.38. The molecule has 2 atom stereocenters. The highest BCUT2D eigenvalue weighted by molar-refractivity contribution is 5.57. The molecule has 43 heavy (non-hydrogen) atoms. The Morgan fingerprint density at radius 3 is 2.35 bits per heavy atom. The van der Waals surface area contributed by atoms with E-state index in [1.807, 2.05) is 45.9 Å². The fraction of sp³-hybridized carbons (Fsp3) is 0.500. The van der Waals surface area contributed by atoms with Gasteiger partial charge in [-0.25, -0.2) is 0 Å². The van der Waals surface area contributed by atoms with Crippen LogP contribution in [0, 0.1) is 33.6 Å². The lowest BCUT2D eigenvalue weighted by atomic mass is 9.90. The summed E-state index contributed by atoms with van der Waals surface area (Å²) in [5.74, 6) is 5.22. The lowest BCUT2D eigenvalue weighted by Crippen LogP contribution is -2.57. The average molecular weight is 587 g/mol. The second kappa shape index (κ2) is 11.1. The first-order valence-electron chi connectivity index (χ1n) is 14.9. The van der Waals surface area contributed by atoms with E-state index in [2.05, 4.69) is 35.1 Å². The van der Waals surface area contributed by atoms with Crippen molar-refractivity contribution in [3.8, 4) is 11.6 Å². The fourth-order valence-electron chi connectivity index (χ4n) is 6.62. The van der Waals surface area contributed by atoms with E-state index in [0.29, 0.717) is 35.1 Å². The van der Waals surface area contributed by atoms with Crippen molar-refractivity contribution >= 4 is 17.4 Å². The van der Waals surface area contributed by atoms with E-state index in [1.165, 1.54) is 17.5 Å². The van der Waals surface area contributed by atoms with Crippen LogP contribution in [0.4, 0.5) is 11.6 Å². The molecule has 2 aliphatic heterocycles. The van der Waals surface area contributed by atoms with E-state index in [1.54, 1.807) is 10.8 Å². The highest BCUT2D eigenvalue weighted by Crippen LogP contribution is 2.30. The third-order valence-electron chi connectivity index (χ3n) is 9.04. The molecule has 0 radical (unpaired) electrons. The van der Waals surface area contributed by atoms with Gasteiger partial charge in [-0.1, -0.05) is 10.3 Å². The summed E-state index contributed by atoms with van der Waals surface area (Å²) < 4.78 is 18.0. The molecule has 13 nitrogen and oxygen atoms in total. The van der Waals surface area contributed by atoms with Gasteiger partial charge in [-0.3, -0.25) is 9.80 Å². The summed E-state index contributed by atoms with van der Waals surface area (Å²) in [5, 5.41) is 12.9. The van der Waals surface area contributed by atoms with Crippen LogP contribution in [0.3, 0.4) is 0 Å². The quantitative estimate of drug-likeness (QED) is 0.282. The third-order valence-corrected chi connectivity index (χ3v) is 9.04. The molecule has 5 aromatic heterocycles. The molecule has 0 aliphatic carbocycles. The molecule has 226 valence electrons. The SMILES string of the molecule is Cc1noc(C)c1CN(Cc1c(C)noc1C)CC1CCC2CN(c3cc(N)n4nc(-c5ccco5)nc4n3)CCN2C1. The van der Waals surface area contributed by atoms with E-state index in [-0.39, 0.29) is 0 Å². The van der Waals surface area contributed by atoms with E-state index in [4.69, 9.17) is 24.2 Å². The van der Waals surface area contributed by atoms with Crippen LogP contribution in [0.1, 0.15) is 46.9 Å². The number of aromatic nitrogens is 6. The topological polar surface area (TPSA) is 144 Å². The maximum Gasteiger partial charge on any atom is 0.256 e. The molecule has 2 unspecified atom stereocenters. The van der Waals surface area contributed by atoms with Crippen LogP contribution >= 0.6 is 0 Å². The predicted molar refractivity (Wildman–Crippen MR) is 159 cm³/mol. The molecule has 0 amide bonds. The smallest absolute Gasteiger partial charge is 0.256 e. The lowest BCUT2D eigenvalue weighted by Gasteiger charge is -2.47. The second-order valence-corrected chi connectivity index (χ2v) is 12.0. The zero-order valence-corrected chi connectivity index (χ0v) is 25.2. The van der Waals surface area contributed by atoms with E-state index >= 15 is 0 Å². The summed E-state index contributed by atoms with van der Waals surface area (Å²) in [6.07, 6.45) is 3.91. The molecule has 7 rings (SSSR count). The number of fused-ring (bicyclic) bond motifs is 2. The molecule has 0 saturated carbocycles. The Morgan fingerprint density at radius 2 is 1.70 bits per heavy atom. The number of rotatable bonds is 8. The van der Waals surface area contributed by atoms with E-state index in [9.17, 15) is 0 Å². The Bertz CT molecular complexity index is 1630. The minimum Gasteiger partial charge on any atom is -0.461 e. The van der Waals surface area contributed by atoms with Crippen molar-refractivity contribution in [3.63, 3.8) is 0 Å². The maximum absolute atomic E-state index is 6.39. The molecule has 13 heteroatoms. The van der Waals surface area contributed by atoms with Crippen LogP contribution in [0.15, 0.2) is 37.9 Å². The number of nitrogen functional groups attached to an aromatic ring is 1. The van der Waals surface area contributed by atoms with Gasteiger partial charge in [0.1, 0.15) is 23.2 Å². The molecular formula is C30H38N10O3. The van der Waals surface area contributed by atoms with Crippen molar-refractivity contribution in [2.24, 2.45) is 5.92 Å². The van der Waals surface area contributed by atoms with Gasteiger partial charge in [0, 0.05) is 69.0 Å². The zero-order chi connectivity index (χ0) is 29.7. The Morgan fingerprint density at radius 1 is 0.953 bits per heavy atom. The Balaban J connectivity index is 1.03. The molecule has 5 aromatic rings. The van der Waals surface area contributed by atoms with Gasteiger partial charge in [-0.15, -0.1) is 5.10 Å². The molecule has 0 bridgehead atoms. The van der Waals surface area contributed by atoms with Crippen molar-refractivity contribution in [3.05, 3.63) is 58.5 Å². The van der Waals surface area contributed by atoms with Crippen molar-refractivity contribution in [2.75, 3.05) is 43.4 Å². The number of nitrogens with zero attached hydrogens (tertiary/aromatic N) is 9. The standard InChI is InChI=1S/C30H38N10O3/c1-18-24(20(3)42-35-18)16-37(17-25-19(2)36-43-21(25)4)13-22-7-8-23-15-39(10-9-38(23)14-22)28-12-27(31)40-30(32-28)33-29(34-40)26-6-5-11-41-26/h5-6,11-12,22-23H,7-10,13-17,31H2,1-4H3. The summed E-state index contributed by atoms with van der Waals surface area (Å²) in [7, 11) is 0. The number of aryl methyl sites for hydroxylation is 4. The average Bonchev–Trinajstić information content (AvgIpc) is 3.80. The van der Waals surface area contributed by atoms with Crippen LogP contribution in [-0.4, -0.2) is 78.5 Å². The fourth-order valence-corrected chi connectivity index (χ4v) is 6.62. The van der Waals surface area contributed by atoms with Gasteiger partial charge in [0.2, 0.25) is 5.82 Å². The summed E-state index contributed by atoms with van der Waals surface area (Å²) in [6, 6.07) is 6.01. The van der Waals surface area contributed by atoms with Gasteiger partial charge < -0.3 is 24.1 Å². The van der Waals surface area contributed by atoms with Crippen LogP contribution in [0.5, 0.6) is 0 Å². The summed E-state index contributed by atoms with van der Waals surface area (Å²) in [4.78, 5) is 16.9. The van der Waals surface area contributed by atoms with E-state index < -0.39 is 0 Å². The monoisotopic (exact) mass is 586 g/mol. The highest BCUT2D eigenvalue weighted by Gasteiger charge is 2.34. The number of hydrogen-bond acceptors (Lipinski definition) is 12. The van der Waals surface area contributed by atoms with Crippen LogP contribution in [-0.2, 0) is 13.1 Å². The highest BCUT2D eigenvalue weighted by atomic mass is 16.5. The molecule has 2 fully saturated rings. The van der Waals surface area contributed by atoms with Crippen LogP contribution in [0.25, 0.3) is 17.4 Å². The molecule has 2 saturated heterocycles. The van der Waals surface area contributed by atoms with Gasteiger partial charge in [0.25, 0.3) is 5.78 Å². The maximum atomic E-state index is 6.39. The predicted octanol–water partition coefficient (Wildman–Crippen LogP) is 3.78. The van der Waals surface area contributed by atoms with Gasteiger partial charge in [-0.2, -0.15) is 14.5 Å². The minimum absolute atomic E-state index is 0.472. The van der Waals surface area contributed by atoms with Gasteiger partial charge >= 0.3 is 0 Å². The Labute approximate surface area is 249 Å². The normalized spacial score (nSPS) is 19.5. The molecule has 0 spiro atoms. The molecule has 7 heterocycles. The first kappa shape index (κ1) is 27.6. The Hall–Kier alpha value is -4.23.